The number of carbonyl (C=O) groups is 3. The van der Waals surface area contributed by atoms with Crippen LogP contribution in [0.4, 0.5) is 0 Å². The summed E-state index contributed by atoms with van der Waals surface area (Å²) in [6.45, 7) is 4.30. The van der Waals surface area contributed by atoms with Crippen LogP contribution in [0.15, 0.2) is 0 Å². The molecule has 3 amide bonds. The molecule has 0 spiro atoms. The monoisotopic (exact) mass is 255 g/mol. The van der Waals surface area contributed by atoms with Gasteiger partial charge in [0.25, 0.3) is 0 Å². The molecule has 6 heteroatoms. The van der Waals surface area contributed by atoms with Gasteiger partial charge in [0, 0.05) is 32.6 Å². The number of hydrogen-bond donors (Lipinski definition) is 1. The van der Waals surface area contributed by atoms with Crippen molar-refractivity contribution in [2.75, 3.05) is 32.7 Å². The van der Waals surface area contributed by atoms with Crippen molar-refractivity contribution in [2.24, 2.45) is 0 Å². The van der Waals surface area contributed by atoms with Crippen LogP contribution in [0.3, 0.4) is 0 Å². The summed E-state index contributed by atoms with van der Waals surface area (Å²) in [5, 5.41) is 2.63. The molecule has 102 valence electrons. The Kier molecular flexibility index (Phi) is 6.18. The zero-order valence-electron chi connectivity index (χ0n) is 10.9. The van der Waals surface area contributed by atoms with Gasteiger partial charge in [-0.3, -0.25) is 14.4 Å². The molecule has 1 aliphatic rings. The predicted molar refractivity (Wildman–Crippen MR) is 66.8 cm³/mol. The van der Waals surface area contributed by atoms with Crippen LogP contribution in [0.5, 0.6) is 0 Å². The lowest BCUT2D eigenvalue weighted by molar-refractivity contribution is -0.135. The van der Waals surface area contributed by atoms with Gasteiger partial charge in [-0.15, -0.1) is 0 Å². The van der Waals surface area contributed by atoms with Gasteiger partial charge in [-0.25, -0.2) is 0 Å². The summed E-state index contributed by atoms with van der Waals surface area (Å²) in [5.41, 5.74) is 0. The van der Waals surface area contributed by atoms with E-state index in [4.69, 9.17) is 0 Å². The van der Waals surface area contributed by atoms with E-state index >= 15 is 0 Å². The SMILES string of the molecule is CCCCC(=O)NCC(=O)N1CCN(C=O)CC1. The normalized spacial score (nSPS) is 15.4. The lowest BCUT2D eigenvalue weighted by atomic mass is 10.2. The second-order valence-electron chi connectivity index (χ2n) is 4.40. The van der Waals surface area contributed by atoms with Gasteiger partial charge in [0.05, 0.1) is 6.54 Å². The number of nitrogens with one attached hydrogen (secondary N) is 1. The maximum atomic E-state index is 11.8. The molecule has 0 bridgehead atoms. The Morgan fingerprint density at radius 1 is 1.22 bits per heavy atom. The van der Waals surface area contributed by atoms with Gasteiger partial charge in [0.2, 0.25) is 18.2 Å². The minimum atomic E-state index is -0.0783. The number of unbranched alkanes of at least 4 members (excludes halogenated alkanes) is 1. The Labute approximate surface area is 107 Å². The van der Waals surface area contributed by atoms with Gasteiger partial charge in [0.15, 0.2) is 0 Å². The van der Waals surface area contributed by atoms with Gasteiger partial charge in [-0.2, -0.15) is 0 Å². The van der Waals surface area contributed by atoms with Gasteiger partial charge < -0.3 is 15.1 Å². The lowest BCUT2D eigenvalue weighted by Gasteiger charge is -2.32. The van der Waals surface area contributed by atoms with Gasteiger partial charge >= 0.3 is 0 Å². The van der Waals surface area contributed by atoms with Gasteiger partial charge in [-0.05, 0) is 6.42 Å². The van der Waals surface area contributed by atoms with Crippen molar-refractivity contribution in [3.05, 3.63) is 0 Å². The predicted octanol–water partition coefficient (Wildman–Crippen LogP) is -0.407. The summed E-state index contributed by atoms with van der Waals surface area (Å²) in [6, 6.07) is 0. The van der Waals surface area contributed by atoms with E-state index < -0.39 is 0 Å². The summed E-state index contributed by atoms with van der Waals surface area (Å²) in [5.74, 6) is -0.151. The fourth-order valence-corrected chi connectivity index (χ4v) is 1.79. The first-order valence-electron chi connectivity index (χ1n) is 6.41. The van der Waals surface area contributed by atoms with Crippen molar-refractivity contribution in [3.63, 3.8) is 0 Å². The quantitative estimate of drug-likeness (QED) is 0.656. The Hall–Kier alpha value is -1.59. The second-order valence-corrected chi connectivity index (χ2v) is 4.40. The number of piperazine rings is 1. The molecular formula is C12H21N3O3. The maximum Gasteiger partial charge on any atom is 0.242 e. The van der Waals surface area contributed by atoms with Crippen LogP contribution in [0.1, 0.15) is 26.2 Å². The molecule has 6 nitrogen and oxygen atoms in total. The Balaban J connectivity index is 2.21. The molecule has 18 heavy (non-hydrogen) atoms. The number of nitrogens with zero attached hydrogens (tertiary/aromatic N) is 2. The smallest absolute Gasteiger partial charge is 0.242 e. The zero-order chi connectivity index (χ0) is 13.4. The van der Waals surface area contributed by atoms with E-state index in [1.165, 1.54) is 0 Å². The van der Waals surface area contributed by atoms with Crippen LogP contribution in [0.25, 0.3) is 0 Å². The van der Waals surface area contributed by atoms with E-state index in [0.29, 0.717) is 32.6 Å². The van der Waals surface area contributed by atoms with Crippen molar-refractivity contribution in [2.45, 2.75) is 26.2 Å². The van der Waals surface area contributed by atoms with E-state index in [9.17, 15) is 14.4 Å². The highest BCUT2D eigenvalue weighted by Crippen LogP contribution is 1.99. The summed E-state index contributed by atoms with van der Waals surface area (Å²) in [4.78, 5) is 37.0. The molecule has 0 saturated carbocycles. The summed E-state index contributed by atoms with van der Waals surface area (Å²) < 4.78 is 0. The van der Waals surface area contributed by atoms with Crippen LogP contribution < -0.4 is 5.32 Å². The third-order valence-electron chi connectivity index (χ3n) is 3.01. The van der Waals surface area contributed by atoms with E-state index in [0.717, 1.165) is 19.3 Å². The average molecular weight is 255 g/mol. The van der Waals surface area contributed by atoms with E-state index in [2.05, 4.69) is 5.32 Å². The molecule has 1 fully saturated rings. The third-order valence-corrected chi connectivity index (χ3v) is 3.01. The zero-order valence-corrected chi connectivity index (χ0v) is 10.9. The molecule has 1 aliphatic heterocycles. The molecule has 0 aromatic carbocycles. The fourth-order valence-electron chi connectivity index (χ4n) is 1.79. The van der Waals surface area contributed by atoms with E-state index in [1.54, 1.807) is 9.80 Å². The highest BCUT2D eigenvalue weighted by molar-refractivity contribution is 5.84. The fraction of sp³-hybridized carbons (Fsp3) is 0.750. The molecule has 0 atom stereocenters. The first-order valence-corrected chi connectivity index (χ1v) is 6.41. The lowest BCUT2D eigenvalue weighted by Crippen LogP contribution is -2.50. The number of amides is 3. The first-order chi connectivity index (χ1) is 8.67. The highest BCUT2D eigenvalue weighted by atomic mass is 16.2. The molecule has 0 radical (unpaired) electrons. The van der Waals surface area contributed by atoms with Crippen molar-refractivity contribution >= 4 is 18.2 Å². The molecule has 0 unspecified atom stereocenters. The molecule has 0 aromatic rings. The Bertz CT molecular complexity index is 299. The van der Waals surface area contributed by atoms with Crippen molar-refractivity contribution in [1.82, 2.24) is 15.1 Å². The average Bonchev–Trinajstić information content (AvgIpc) is 2.42. The van der Waals surface area contributed by atoms with Gasteiger partial charge in [-0.1, -0.05) is 13.3 Å². The Morgan fingerprint density at radius 2 is 1.89 bits per heavy atom. The molecule has 0 aromatic heterocycles. The van der Waals surface area contributed by atoms with Crippen molar-refractivity contribution < 1.29 is 14.4 Å². The topological polar surface area (TPSA) is 69.7 Å². The number of carbonyl (C=O) groups excluding carboxylic acids is 3. The van der Waals surface area contributed by atoms with Crippen LogP contribution in [0, 0.1) is 0 Å². The maximum absolute atomic E-state index is 11.8. The Morgan fingerprint density at radius 3 is 2.44 bits per heavy atom. The summed E-state index contributed by atoms with van der Waals surface area (Å²) >= 11 is 0. The van der Waals surface area contributed by atoms with Gasteiger partial charge in [0.1, 0.15) is 0 Å². The van der Waals surface area contributed by atoms with Crippen molar-refractivity contribution in [1.29, 1.82) is 0 Å². The van der Waals surface area contributed by atoms with Crippen LogP contribution >= 0.6 is 0 Å². The van der Waals surface area contributed by atoms with Crippen LogP contribution in [0.2, 0.25) is 0 Å². The first kappa shape index (κ1) is 14.5. The van der Waals surface area contributed by atoms with Crippen LogP contribution in [-0.4, -0.2) is 60.7 Å². The molecule has 0 aliphatic carbocycles. The summed E-state index contributed by atoms with van der Waals surface area (Å²) in [7, 11) is 0. The second kappa shape index (κ2) is 7.68. The molecule has 1 N–H and O–H groups in total. The number of hydrogen-bond acceptors (Lipinski definition) is 3. The third kappa shape index (κ3) is 4.73. The largest absolute Gasteiger partial charge is 0.347 e. The van der Waals surface area contributed by atoms with E-state index in [-0.39, 0.29) is 18.4 Å². The molecule has 1 saturated heterocycles. The van der Waals surface area contributed by atoms with Crippen molar-refractivity contribution in [3.8, 4) is 0 Å². The summed E-state index contributed by atoms with van der Waals surface area (Å²) in [6.07, 6.45) is 3.09. The molecule has 1 heterocycles. The van der Waals surface area contributed by atoms with Crippen LogP contribution in [-0.2, 0) is 14.4 Å². The standard InChI is InChI=1S/C12H21N3O3/c1-2-3-4-11(17)13-9-12(18)15-7-5-14(10-16)6-8-15/h10H,2-9H2,1H3,(H,13,17). The van der Waals surface area contributed by atoms with E-state index in [1.807, 2.05) is 6.92 Å². The molecular weight excluding hydrogens is 234 g/mol. The minimum absolute atomic E-state index is 0.0592. The molecule has 1 rings (SSSR count). The highest BCUT2D eigenvalue weighted by Gasteiger charge is 2.20. The number of rotatable bonds is 6. The minimum Gasteiger partial charge on any atom is -0.347 e.